The number of rotatable bonds is 2. The molecule has 1 aromatic heterocycles. The number of benzene rings is 1. The van der Waals surface area contributed by atoms with Crippen LogP contribution in [0, 0.1) is 5.92 Å². The lowest BCUT2D eigenvalue weighted by Gasteiger charge is -2.33. The molecule has 0 aliphatic carbocycles. The Balaban J connectivity index is 1.53. The third kappa shape index (κ3) is 3.10. The van der Waals surface area contributed by atoms with Gasteiger partial charge >= 0.3 is 6.18 Å². The first-order valence-corrected chi connectivity index (χ1v) is 8.48. The van der Waals surface area contributed by atoms with E-state index in [1.165, 1.54) is 4.90 Å². The molecule has 1 aromatic carbocycles. The number of alkyl halides is 3. The number of hydrogen-bond donors (Lipinski definition) is 0. The summed E-state index contributed by atoms with van der Waals surface area (Å²) in [5.74, 6) is 0.0996. The summed E-state index contributed by atoms with van der Waals surface area (Å²) in [5.41, 5.74) is 1.81. The maximum atomic E-state index is 12.9. The third-order valence-corrected chi connectivity index (χ3v) is 4.95. The monoisotopic (exact) mass is 352 g/mol. The van der Waals surface area contributed by atoms with Crippen LogP contribution in [0.2, 0.25) is 0 Å². The second-order valence-electron chi connectivity index (χ2n) is 6.73. The lowest BCUT2D eigenvalue weighted by Crippen LogP contribution is -2.47. The van der Waals surface area contributed by atoms with Crippen molar-refractivity contribution in [2.45, 2.75) is 25.6 Å². The molecule has 0 N–H and O–H groups in total. The van der Waals surface area contributed by atoms with Crippen LogP contribution in [0.15, 0.2) is 24.3 Å². The molecule has 0 spiro atoms. The minimum absolute atomic E-state index is 0.110. The van der Waals surface area contributed by atoms with Crippen molar-refractivity contribution in [1.82, 2.24) is 14.5 Å². The molecule has 4 rings (SSSR count). The van der Waals surface area contributed by atoms with Crippen LogP contribution in [0.4, 0.5) is 19.1 Å². The number of carbonyl (C=O) groups is 1. The first-order valence-electron chi connectivity index (χ1n) is 8.48. The van der Waals surface area contributed by atoms with E-state index in [2.05, 4.69) is 4.98 Å². The van der Waals surface area contributed by atoms with Gasteiger partial charge in [-0.3, -0.25) is 14.6 Å². The molecule has 8 heteroatoms. The predicted octanol–water partition coefficient (Wildman–Crippen LogP) is 2.66. The fourth-order valence-electron chi connectivity index (χ4n) is 3.87. The van der Waals surface area contributed by atoms with E-state index in [9.17, 15) is 18.0 Å². The largest absolute Gasteiger partial charge is 0.401 e. The van der Waals surface area contributed by atoms with E-state index in [1.807, 2.05) is 28.8 Å². The van der Waals surface area contributed by atoms with Crippen molar-refractivity contribution >= 4 is 22.9 Å². The molecule has 3 heterocycles. The zero-order chi connectivity index (χ0) is 17.6. The molecular weight excluding hydrogens is 333 g/mol. The Morgan fingerprint density at radius 2 is 2.00 bits per heavy atom. The molecule has 0 saturated carbocycles. The summed E-state index contributed by atoms with van der Waals surface area (Å²) in [6.45, 7) is 0.800. The second kappa shape index (κ2) is 6.01. The minimum atomic E-state index is -4.23. The highest BCUT2D eigenvalue weighted by Gasteiger charge is 2.38. The van der Waals surface area contributed by atoms with Gasteiger partial charge in [0.1, 0.15) is 0 Å². The van der Waals surface area contributed by atoms with Crippen LogP contribution < -0.4 is 4.90 Å². The van der Waals surface area contributed by atoms with E-state index >= 15 is 0 Å². The number of hydrogen-bond acceptors (Lipinski definition) is 3. The molecule has 1 saturated heterocycles. The number of halogens is 3. The Morgan fingerprint density at radius 3 is 2.80 bits per heavy atom. The number of piperidine rings is 1. The van der Waals surface area contributed by atoms with Gasteiger partial charge in [0, 0.05) is 19.6 Å². The summed E-state index contributed by atoms with van der Waals surface area (Å²) in [4.78, 5) is 20.4. The Kier molecular flexibility index (Phi) is 3.94. The van der Waals surface area contributed by atoms with Crippen LogP contribution >= 0.6 is 0 Å². The Morgan fingerprint density at radius 1 is 1.20 bits per heavy atom. The normalized spacial score (nSPS) is 21.7. The molecule has 2 aromatic rings. The van der Waals surface area contributed by atoms with Gasteiger partial charge in [-0.05, 0) is 31.5 Å². The number of para-hydroxylation sites is 2. The maximum absolute atomic E-state index is 12.9. The van der Waals surface area contributed by atoms with E-state index in [0.717, 1.165) is 11.0 Å². The standard InChI is InChI=1S/C17H19F3N4O/c18-17(19,20)11-22-7-3-4-12(10-22)15(25)24-9-8-23-14-6-2-1-5-13(14)21-16(23)24/h1-2,5-6,12H,3-4,7-11H2. The molecule has 1 amide bonds. The first kappa shape index (κ1) is 16.4. The summed E-state index contributed by atoms with van der Waals surface area (Å²) in [7, 11) is 0. The van der Waals surface area contributed by atoms with Gasteiger partial charge in [0.15, 0.2) is 0 Å². The highest BCUT2D eigenvalue weighted by atomic mass is 19.4. The number of amides is 1. The lowest BCUT2D eigenvalue weighted by molar-refractivity contribution is -0.151. The van der Waals surface area contributed by atoms with Crippen LogP contribution in [-0.2, 0) is 11.3 Å². The predicted molar refractivity (Wildman–Crippen MR) is 87.3 cm³/mol. The first-order chi connectivity index (χ1) is 11.9. The van der Waals surface area contributed by atoms with Crippen LogP contribution in [0.5, 0.6) is 0 Å². The Labute approximate surface area is 143 Å². The zero-order valence-corrected chi connectivity index (χ0v) is 13.7. The molecule has 1 unspecified atom stereocenters. The van der Waals surface area contributed by atoms with Gasteiger partial charge < -0.3 is 4.57 Å². The number of fused-ring (bicyclic) bond motifs is 3. The molecule has 1 fully saturated rings. The van der Waals surface area contributed by atoms with Crippen molar-refractivity contribution in [2.24, 2.45) is 5.92 Å². The van der Waals surface area contributed by atoms with Crippen LogP contribution in [-0.4, -0.2) is 52.7 Å². The van der Waals surface area contributed by atoms with Crippen LogP contribution in [0.25, 0.3) is 11.0 Å². The molecule has 25 heavy (non-hydrogen) atoms. The molecule has 134 valence electrons. The van der Waals surface area contributed by atoms with Gasteiger partial charge in [0.05, 0.1) is 23.5 Å². The van der Waals surface area contributed by atoms with Crippen LogP contribution in [0.1, 0.15) is 12.8 Å². The highest BCUT2D eigenvalue weighted by molar-refractivity contribution is 5.96. The van der Waals surface area contributed by atoms with Crippen molar-refractivity contribution in [3.05, 3.63) is 24.3 Å². The quantitative estimate of drug-likeness (QED) is 0.834. The highest BCUT2D eigenvalue weighted by Crippen LogP contribution is 2.30. The van der Waals surface area contributed by atoms with Crippen molar-refractivity contribution in [1.29, 1.82) is 0 Å². The van der Waals surface area contributed by atoms with Crippen LogP contribution in [0.3, 0.4) is 0 Å². The van der Waals surface area contributed by atoms with Gasteiger partial charge in [0.25, 0.3) is 0 Å². The van der Waals surface area contributed by atoms with Gasteiger partial charge in [-0.2, -0.15) is 13.2 Å². The smallest absolute Gasteiger partial charge is 0.308 e. The number of nitrogens with zero attached hydrogens (tertiary/aromatic N) is 4. The average molecular weight is 352 g/mol. The average Bonchev–Trinajstić information content (AvgIpc) is 3.12. The number of carbonyl (C=O) groups excluding carboxylic acids is 1. The number of imidazole rings is 1. The zero-order valence-electron chi connectivity index (χ0n) is 13.7. The molecular formula is C17H19F3N4O. The van der Waals surface area contributed by atoms with Crippen molar-refractivity contribution in [2.75, 3.05) is 31.1 Å². The molecule has 5 nitrogen and oxygen atoms in total. The lowest BCUT2D eigenvalue weighted by atomic mass is 9.96. The van der Waals surface area contributed by atoms with E-state index in [-0.39, 0.29) is 12.5 Å². The topological polar surface area (TPSA) is 41.4 Å². The minimum Gasteiger partial charge on any atom is -0.308 e. The van der Waals surface area contributed by atoms with Crippen molar-refractivity contribution < 1.29 is 18.0 Å². The van der Waals surface area contributed by atoms with Crippen molar-refractivity contribution in [3.8, 4) is 0 Å². The number of aromatic nitrogens is 2. The van der Waals surface area contributed by atoms with E-state index < -0.39 is 18.6 Å². The third-order valence-electron chi connectivity index (χ3n) is 4.95. The van der Waals surface area contributed by atoms with Gasteiger partial charge in [-0.1, -0.05) is 12.1 Å². The SMILES string of the molecule is O=C(C1CCCN(CC(F)(F)F)C1)N1CCn2c1nc1ccccc12. The Hall–Kier alpha value is -2.09. The summed E-state index contributed by atoms with van der Waals surface area (Å²) in [5, 5.41) is 0. The summed E-state index contributed by atoms with van der Waals surface area (Å²) in [6.07, 6.45) is -2.99. The molecule has 2 aliphatic heterocycles. The van der Waals surface area contributed by atoms with Gasteiger partial charge in [-0.25, -0.2) is 4.98 Å². The summed E-state index contributed by atoms with van der Waals surface area (Å²) in [6, 6.07) is 7.69. The second-order valence-corrected chi connectivity index (χ2v) is 6.73. The molecule has 1 atom stereocenters. The molecule has 0 radical (unpaired) electrons. The molecule has 0 bridgehead atoms. The maximum Gasteiger partial charge on any atom is 0.401 e. The molecule has 2 aliphatic rings. The van der Waals surface area contributed by atoms with E-state index in [4.69, 9.17) is 0 Å². The summed E-state index contributed by atoms with van der Waals surface area (Å²) < 4.78 is 39.9. The fraction of sp³-hybridized carbons (Fsp3) is 0.529. The van der Waals surface area contributed by atoms with Crippen molar-refractivity contribution in [3.63, 3.8) is 0 Å². The number of anilines is 1. The number of likely N-dealkylation sites (tertiary alicyclic amines) is 1. The van der Waals surface area contributed by atoms with E-state index in [1.54, 1.807) is 4.90 Å². The van der Waals surface area contributed by atoms with Gasteiger partial charge in [0.2, 0.25) is 11.9 Å². The fourth-order valence-corrected chi connectivity index (χ4v) is 3.87. The van der Waals surface area contributed by atoms with Gasteiger partial charge in [-0.15, -0.1) is 0 Å². The summed E-state index contributed by atoms with van der Waals surface area (Å²) >= 11 is 0. The van der Waals surface area contributed by atoms with E-state index in [0.29, 0.717) is 38.4 Å². The Bertz CT molecular complexity index is 801.